The van der Waals surface area contributed by atoms with Gasteiger partial charge in [-0.25, -0.2) is 4.98 Å². The normalized spacial score (nSPS) is 17.0. The summed E-state index contributed by atoms with van der Waals surface area (Å²) in [5, 5.41) is 22.6. The number of nitrogens with zero attached hydrogens (tertiary/aromatic N) is 4. The number of nitrogens with one attached hydrogen (secondary N) is 4. The molecule has 9 nitrogen and oxygen atoms in total. The number of rotatable bonds is 7. The fourth-order valence-corrected chi connectivity index (χ4v) is 5.03. The Morgan fingerprint density at radius 3 is 2.68 bits per heavy atom. The van der Waals surface area contributed by atoms with Crippen LogP contribution in [0.15, 0.2) is 42.7 Å². The lowest BCUT2D eigenvalue weighted by molar-refractivity contribution is 0.0956. The smallest absolute Gasteiger partial charge is 0.256 e. The first-order valence-corrected chi connectivity index (χ1v) is 12.7. The van der Waals surface area contributed by atoms with Crippen molar-refractivity contribution in [3.8, 4) is 6.07 Å². The Bertz CT molecular complexity index is 1370. The summed E-state index contributed by atoms with van der Waals surface area (Å²) in [6, 6.07) is 12.4. The van der Waals surface area contributed by atoms with Crippen LogP contribution >= 0.6 is 0 Å². The van der Waals surface area contributed by atoms with Gasteiger partial charge in [-0.05, 0) is 61.6 Å². The summed E-state index contributed by atoms with van der Waals surface area (Å²) in [5.74, 6) is 0.488. The fraction of sp³-hybridized carbons (Fsp3) is 0.393. The minimum Gasteiger partial charge on any atom is -0.352 e. The van der Waals surface area contributed by atoms with Gasteiger partial charge >= 0.3 is 0 Å². The summed E-state index contributed by atoms with van der Waals surface area (Å²) < 4.78 is 0. The van der Waals surface area contributed by atoms with Crippen molar-refractivity contribution in [1.82, 2.24) is 25.6 Å². The van der Waals surface area contributed by atoms with Crippen LogP contribution in [0.5, 0.6) is 0 Å². The Morgan fingerprint density at radius 2 is 1.95 bits per heavy atom. The zero-order valence-corrected chi connectivity index (χ0v) is 21.5. The third-order valence-corrected chi connectivity index (χ3v) is 7.28. The predicted molar refractivity (Wildman–Crippen MR) is 143 cm³/mol. The number of nitriles is 1. The maximum absolute atomic E-state index is 12.8. The van der Waals surface area contributed by atoms with Crippen LogP contribution in [0.3, 0.4) is 0 Å². The van der Waals surface area contributed by atoms with Crippen LogP contribution < -0.4 is 21.3 Å². The quantitative estimate of drug-likeness (QED) is 0.378. The van der Waals surface area contributed by atoms with Crippen molar-refractivity contribution in [2.24, 2.45) is 0 Å². The number of anilines is 4. The summed E-state index contributed by atoms with van der Waals surface area (Å²) >= 11 is 0. The highest BCUT2D eigenvalue weighted by atomic mass is 16.1. The van der Waals surface area contributed by atoms with Crippen molar-refractivity contribution < 1.29 is 4.79 Å². The fourth-order valence-electron chi connectivity index (χ4n) is 5.03. The first-order valence-electron chi connectivity index (χ1n) is 12.7. The van der Waals surface area contributed by atoms with Gasteiger partial charge in [-0.3, -0.25) is 9.78 Å². The molecule has 5 rings (SSSR count). The van der Waals surface area contributed by atoms with Crippen molar-refractivity contribution in [1.29, 1.82) is 5.26 Å². The number of hydrogen-bond acceptors (Lipinski definition) is 8. The molecule has 0 unspecified atom stereocenters. The lowest BCUT2D eigenvalue weighted by atomic mass is 9.67. The zero-order valence-electron chi connectivity index (χ0n) is 21.5. The molecule has 37 heavy (non-hydrogen) atoms. The van der Waals surface area contributed by atoms with Gasteiger partial charge in [0.1, 0.15) is 11.4 Å². The molecule has 2 aliphatic rings. The van der Waals surface area contributed by atoms with Crippen LogP contribution in [0, 0.1) is 11.3 Å². The van der Waals surface area contributed by atoms with E-state index in [4.69, 9.17) is 0 Å². The van der Waals surface area contributed by atoms with Crippen molar-refractivity contribution in [3.63, 3.8) is 0 Å². The second-order valence-electron chi connectivity index (χ2n) is 10.4. The molecule has 1 aromatic carbocycles. The van der Waals surface area contributed by atoms with Crippen molar-refractivity contribution in [3.05, 3.63) is 65.1 Å². The highest BCUT2D eigenvalue weighted by molar-refractivity contribution is 5.99. The van der Waals surface area contributed by atoms with E-state index in [9.17, 15) is 10.1 Å². The lowest BCUT2D eigenvalue weighted by Crippen LogP contribution is -2.38. The number of fused-ring (bicyclic) bond motifs is 1. The molecule has 4 N–H and O–H groups in total. The molecule has 0 spiro atoms. The molecule has 3 heterocycles. The topological polar surface area (TPSA) is 128 Å². The van der Waals surface area contributed by atoms with Crippen LogP contribution in [-0.2, 0) is 17.4 Å². The average Bonchev–Trinajstić information content (AvgIpc) is 2.84. The molecular formula is C28H32N8O. The molecule has 1 amide bonds. The maximum atomic E-state index is 12.8. The Labute approximate surface area is 217 Å². The highest BCUT2D eigenvalue weighted by Crippen LogP contribution is 2.42. The van der Waals surface area contributed by atoms with E-state index in [0.717, 1.165) is 43.7 Å². The molecule has 3 aromatic rings. The molecule has 2 aromatic heterocycles. The van der Waals surface area contributed by atoms with E-state index in [2.05, 4.69) is 68.3 Å². The van der Waals surface area contributed by atoms with Crippen LogP contribution in [-0.4, -0.2) is 33.9 Å². The van der Waals surface area contributed by atoms with Crippen LogP contribution in [0.25, 0.3) is 0 Å². The number of benzene rings is 1. The SMILES string of the molecule is CCNC(=O)c1cnc(Nc2ccc3c(c2)CNCC3(C)C)nc1Nc1ccnc(C2(C#N)CCC2)c1. The Kier molecular flexibility index (Phi) is 6.52. The second-order valence-corrected chi connectivity index (χ2v) is 10.4. The number of hydrogen-bond donors (Lipinski definition) is 4. The first kappa shape index (κ1) is 24.7. The lowest BCUT2D eigenvalue weighted by Gasteiger charge is -2.34. The second kappa shape index (κ2) is 9.79. The molecular weight excluding hydrogens is 464 g/mol. The van der Waals surface area contributed by atoms with Crippen molar-refractivity contribution in [2.75, 3.05) is 23.7 Å². The van der Waals surface area contributed by atoms with Crippen LogP contribution in [0.2, 0.25) is 0 Å². The van der Waals surface area contributed by atoms with Gasteiger partial charge in [0.15, 0.2) is 0 Å². The number of carbonyl (C=O) groups excluding carboxylic acids is 1. The van der Waals surface area contributed by atoms with E-state index in [1.807, 2.05) is 25.1 Å². The molecule has 0 bridgehead atoms. The number of pyridine rings is 1. The van der Waals surface area contributed by atoms with Crippen molar-refractivity contribution in [2.45, 2.75) is 57.4 Å². The molecule has 1 aliphatic heterocycles. The molecule has 1 fully saturated rings. The third kappa shape index (κ3) is 4.85. The molecule has 1 saturated carbocycles. The largest absolute Gasteiger partial charge is 0.352 e. The van der Waals surface area contributed by atoms with E-state index in [-0.39, 0.29) is 11.3 Å². The summed E-state index contributed by atoms with van der Waals surface area (Å²) in [6.45, 7) is 8.58. The number of amides is 1. The van der Waals surface area contributed by atoms with Crippen molar-refractivity contribution >= 4 is 29.0 Å². The van der Waals surface area contributed by atoms with E-state index in [1.165, 1.54) is 17.3 Å². The minimum absolute atomic E-state index is 0.0704. The highest BCUT2D eigenvalue weighted by Gasteiger charge is 2.40. The summed E-state index contributed by atoms with van der Waals surface area (Å²) in [7, 11) is 0. The van der Waals surface area contributed by atoms with Gasteiger partial charge in [0.25, 0.3) is 5.91 Å². The van der Waals surface area contributed by atoms with Gasteiger partial charge in [0, 0.05) is 48.8 Å². The van der Waals surface area contributed by atoms with Gasteiger partial charge in [0.2, 0.25) is 5.95 Å². The third-order valence-electron chi connectivity index (χ3n) is 7.28. The van der Waals surface area contributed by atoms with Crippen LogP contribution in [0.4, 0.5) is 23.1 Å². The van der Waals surface area contributed by atoms with E-state index in [1.54, 1.807) is 6.20 Å². The first-order chi connectivity index (χ1) is 17.8. The molecule has 9 heteroatoms. The Hall–Kier alpha value is -4.03. The van der Waals surface area contributed by atoms with Gasteiger partial charge in [0.05, 0.1) is 17.2 Å². The average molecular weight is 497 g/mol. The zero-order chi connectivity index (χ0) is 26.0. The number of carbonyl (C=O) groups is 1. The molecule has 190 valence electrons. The minimum atomic E-state index is -0.533. The van der Waals surface area contributed by atoms with E-state index >= 15 is 0 Å². The summed E-state index contributed by atoms with van der Waals surface area (Å²) in [5.41, 5.74) is 4.78. The van der Waals surface area contributed by atoms with Gasteiger partial charge < -0.3 is 21.3 Å². The monoisotopic (exact) mass is 496 g/mol. The van der Waals surface area contributed by atoms with Crippen LogP contribution in [0.1, 0.15) is 67.2 Å². The van der Waals surface area contributed by atoms with Gasteiger partial charge in [-0.1, -0.05) is 19.9 Å². The van der Waals surface area contributed by atoms with E-state index < -0.39 is 5.41 Å². The summed E-state index contributed by atoms with van der Waals surface area (Å²) in [6.07, 6.45) is 5.84. The predicted octanol–water partition coefficient (Wildman–Crippen LogP) is 4.43. The maximum Gasteiger partial charge on any atom is 0.256 e. The van der Waals surface area contributed by atoms with E-state index in [0.29, 0.717) is 29.6 Å². The number of aromatic nitrogens is 3. The molecule has 0 radical (unpaired) electrons. The van der Waals surface area contributed by atoms with Gasteiger partial charge in [-0.15, -0.1) is 0 Å². The molecule has 1 aliphatic carbocycles. The molecule has 0 atom stereocenters. The Morgan fingerprint density at radius 1 is 1.14 bits per heavy atom. The summed E-state index contributed by atoms with van der Waals surface area (Å²) in [4.78, 5) is 26.3. The standard InChI is InChI=1S/C28H32N8O/c1-4-31-25(37)21-15-33-26(35-19-6-7-22-18(12-19)14-30-17-27(22,2)3)36-24(21)34-20-8-11-32-23(13-20)28(16-29)9-5-10-28/h6-8,11-13,15,30H,4-5,9-10,14,17H2,1-3H3,(H,31,37)(H2,32,33,34,35,36). The van der Waals surface area contributed by atoms with Gasteiger partial charge in [-0.2, -0.15) is 10.2 Å². The Balaban J connectivity index is 1.44. The molecule has 0 saturated heterocycles.